The van der Waals surface area contributed by atoms with Gasteiger partial charge in [-0.15, -0.1) is 0 Å². The molecule has 0 saturated carbocycles. The van der Waals surface area contributed by atoms with Crippen LogP contribution in [0.3, 0.4) is 0 Å². The van der Waals surface area contributed by atoms with Crippen LogP contribution in [-0.2, 0) is 10.8 Å². The minimum absolute atomic E-state index is 0.163. The van der Waals surface area contributed by atoms with Crippen LogP contribution >= 0.6 is 0 Å². The summed E-state index contributed by atoms with van der Waals surface area (Å²) in [7, 11) is -0.836. The van der Waals surface area contributed by atoms with Gasteiger partial charge in [-0.25, -0.2) is 0 Å². The van der Waals surface area contributed by atoms with Gasteiger partial charge < -0.3 is 10.5 Å². The predicted octanol–water partition coefficient (Wildman–Crippen LogP) is 2.88. The Bertz CT molecular complexity index is 390. The van der Waals surface area contributed by atoms with Crippen LogP contribution in [0.2, 0.25) is 0 Å². The van der Waals surface area contributed by atoms with E-state index in [4.69, 9.17) is 10.5 Å². The molecule has 19 heavy (non-hydrogen) atoms. The van der Waals surface area contributed by atoms with Crippen molar-refractivity contribution in [2.75, 3.05) is 18.1 Å². The van der Waals surface area contributed by atoms with Crippen molar-refractivity contribution in [3.8, 4) is 5.75 Å². The van der Waals surface area contributed by atoms with E-state index in [0.29, 0.717) is 18.3 Å². The molecule has 4 heteroatoms. The van der Waals surface area contributed by atoms with E-state index in [2.05, 4.69) is 13.8 Å². The first kappa shape index (κ1) is 16.2. The molecule has 0 radical (unpaired) electrons. The highest BCUT2D eigenvalue weighted by Crippen LogP contribution is 2.17. The van der Waals surface area contributed by atoms with Crippen LogP contribution in [0.4, 0.5) is 0 Å². The lowest BCUT2D eigenvalue weighted by atomic mass is 10.1. The zero-order valence-electron chi connectivity index (χ0n) is 12.1. The van der Waals surface area contributed by atoms with E-state index in [1.54, 1.807) is 0 Å². The summed E-state index contributed by atoms with van der Waals surface area (Å²) in [6.07, 6.45) is 0.989. The molecule has 3 nitrogen and oxygen atoms in total. The number of hydrogen-bond donors (Lipinski definition) is 1. The summed E-state index contributed by atoms with van der Waals surface area (Å²) < 4.78 is 17.3. The Balaban J connectivity index is 2.48. The highest BCUT2D eigenvalue weighted by Gasteiger charge is 2.11. The van der Waals surface area contributed by atoms with Crippen molar-refractivity contribution >= 4 is 10.8 Å². The topological polar surface area (TPSA) is 52.3 Å². The van der Waals surface area contributed by atoms with Crippen molar-refractivity contribution in [3.05, 3.63) is 29.8 Å². The van der Waals surface area contributed by atoms with E-state index >= 15 is 0 Å². The molecule has 0 amide bonds. The average molecular weight is 283 g/mol. The van der Waals surface area contributed by atoms with Gasteiger partial charge in [0.1, 0.15) is 5.75 Å². The molecule has 108 valence electrons. The molecule has 2 atom stereocenters. The van der Waals surface area contributed by atoms with E-state index in [9.17, 15) is 4.21 Å². The Morgan fingerprint density at radius 3 is 2.42 bits per heavy atom. The van der Waals surface area contributed by atoms with E-state index in [-0.39, 0.29) is 6.04 Å². The lowest BCUT2D eigenvalue weighted by Crippen LogP contribution is -2.20. The van der Waals surface area contributed by atoms with Crippen LogP contribution in [0.5, 0.6) is 5.75 Å². The van der Waals surface area contributed by atoms with Gasteiger partial charge >= 0.3 is 0 Å². The standard InChI is InChI=1S/C15H25NO2S/c1-4-18-14-7-5-13(6-8-14)15(16)11-19(17)10-9-12(2)3/h5-8,12,15H,4,9-11,16H2,1-3H3. The lowest BCUT2D eigenvalue weighted by Gasteiger charge is -2.13. The van der Waals surface area contributed by atoms with Gasteiger partial charge in [0, 0.05) is 28.3 Å². The van der Waals surface area contributed by atoms with Crippen LogP contribution < -0.4 is 10.5 Å². The molecule has 0 aliphatic rings. The number of benzene rings is 1. The Labute approximate surface area is 119 Å². The van der Waals surface area contributed by atoms with Gasteiger partial charge in [0.2, 0.25) is 0 Å². The maximum atomic E-state index is 11.9. The fourth-order valence-electron chi connectivity index (χ4n) is 1.72. The molecular formula is C15H25NO2S. The summed E-state index contributed by atoms with van der Waals surface area (Å²) in [6, 6.07) is 7.57. The van der Waals surface area contributed by atoms with E-state index in [0.717, 1.165) is 23.5 Å². The molecule has 2 unspecified atom stereocenters. The third kappa shape index (κ3) is 6.21. The Morgan fingerprint density at radius 2 is 1.89 bits per heavy atom. The minimum atomic E-state index is -0.836. The zero-order valence-corrected chi connectivity index (χ0v) is 12.9. The second-order valence-corrected chi connectivity index (χ2v) is 6.72. The van der Waals surface area contributed by atoms with E-state index in [1.807, 2.05) is 31.2 Å². The summed E-state index contributed by atoms with van der Waals surface area (Å²) >= 11 is 0. The SMILES string of the molecule is CCOc1ccc(C(N)CS(=O)CCC(C)C)cc1. The van der Waals surface area contributed by atoms with E-state index in [1.165, 1.54) is 0 Å². The molecule has 0 heterocycles. The van der Waals surface area contributed by atoms with Crippen LogP contribution in [0.1, 0.15) is 38.8 Å². The zero-order chi connectivity index (χ0) is 14.3. The first-order valence-electron chi connectivity index (χ1n) is 6.86. The molecule has 0 aliphatic heterocycles. The van der Waals surface area contributed by atoms with Gasteiger partial charge in [-0.05, 0) is 37.0 Å². The molecule has 1 aromatic carbocycles. The molecule has 0 aromatic heterocycles. The van der Waals surface area contributed by atoms with Crippen molar-refractivity contribution in [3.63, 3.8) is 0 Å². The maximum absolute atomic E-state index is 11.9. The molecule has 1 rings (SSSR count). The quantitative estimate of drug-likeness (QED) is 0.798. The highest BCUT2D eigenvalue weighted by molar-refractivity contribution is 7.85. The largest absolute Gasteiger partial charge is 0.494 e. The second kappa shape index (κ2) is 8.33. The van der Waals surface area contributed by atoms with Crippen LogP contribution in [0, 0.1) is 5.92 Å². The molecule has 2 N–H and O–H groups in total. The van der Waals surface area contributed by atoms with Crippen LogP contribution in [-0.4, -0.2) is 22.3 Å². The summed E-state index contributed by atoms with van der Waals surface area (Å²) in [4.78, 5) is 0. The Hall–Kier alpha value is -0.870. The maximum Gasteiger partial charge on any atom is 0.119 e. The van der Waals surface area contributed by atoms with E-state index < -0.39 is 10.8 Å². The Kier molecular flexibility index (Phi) is 7.10. The van der Waals surface area contributed by atoms with Gasteiger partial charge in [0.25, 0.3) is 0 Å². The fraction of sp³-hybridized carbons (Fsp3) is 0.600. The molecule has 0 spiro atoms. The summed E-state index contributed by atoms with van der Waals surface area (Å²) in [5.41, 5.74) is 7.11. The first-order chi connectivity index (χ1) is 9.02. The molecule has 0 bridgehead atoms. The van der Waals surface area contributed by atoms with Crippen LogP contribution in [0.25, 0.3) is 0 Å². The van der Waals surface area contributed by atoms with Crippen molar-refractivity contribution in [2.24, 2.45) is 11.7 Å². The molecule has 1 aromatic rings. The number of hydrogen-bond acceptors (Lipinski definition) is 3. The third-order valence-corrected chi connectivity index (χ3v) is 4.33. The lowest BCUT2D eigenvalue weighted by molar-refractivity contribution is 0.340. The van der Waals surface area contributed by atoms with Crippen molar-refractivity contribution in [1.82, 2.24) is 0 Å². The summed E-state index contributed by atoms with van der Waals surface area (Å²) in [5.74, 6) is 2.70. The highest BCUT2D eigenvalue weighted by atomic mass is 32.2. The van der Waals surface area contributed by atoms with Gasteiger partial charge in [0.05, 0.1) is 6.61 Å². The number of ether oxygens (including phenoxy) is 1. The second-order valence-electron chi connectivity index (χ2n) is 5.10. The Morgan fingerprint density at radius 1 is 1.26 bits per heavy atom. The minimum Gasteiger partial charge on any atom is -0.494 e. The van der Waals surface area contributed by atoms with Crippen molar-refractivity contribution in [2.45, 2.75) is 33.2 Å². The molecular weight excluding hydrogens is 258 g/mol. The number of nitrogens with two attached hydrogens (primary N) is 1. The predicted molar refractivity (Wildman–Crippen MR) is 81.9 cm³/mol. The smallest absolute Gasteiger partial charge is 0.119 e. The fourth-order valence-corrected chi connectivity index (χ4v) is 3.22. The molecule has 0 aliphatic carbocycles. The normalized spacial score (nSPS) is 14.4. The van der Waals surface area contributed by atoms with Crippen LogP contribution in [0.15, 0.2) is 24.3 Å². The van der Waals surface area contributed by atoms with Crippen molar-refractivity contribution in [1.29, 1.82) is 0 Å². The summed E-state index contributed by atoms with van der Waals surface area (Å²) in [5, 5.41) is 0. The third-order valence-electron chi connectivity index (χ3n) is 2.91. The van der Waals surface area contributed by atoms with Gasteiger partial charge in [0.15, 0.2) is 0 Å². The number of rotatable bonds is 8. The molecule has 0 saturated heterocycles. The molecule has 0 fully saturated rings. The van der Waals surface area contributed by atoms with Gasteiger partial charge in [-0.2, -0.15) is 0 Å². The monoisotopic (exact) mass is 283 g/mol. The average Bonchev–Trinajstić information content (AvgIpc) is 2.37. The van der Waals surface area contributed by atoms with Gasteiger partial charge in [-0.1, -0.05) is 26.0 Å². The van der Waals surface area contributed by atoms with Crippen molar-refractivity contribution < 1.29 is 8.95 Å². The summed E-state index contributed by atoms with van der Waals surface area (Å²) in [6.45, 7) is 6.90. The first-order valence-corrected chi connectivity index (χ1v) is 8.35. The van der Waals surface area contributed by atoms with Gasteiger partial charge in [-0.3, -0.25) is 4.21 Å².